The molecule has 2 N–H and O–H groups in total. The van der Waals surface area contributed by atoms with Crippen LogP contribution < -0.4 is 16.4 Å². The van der Waals surface area contributed by atoms with E-state index in [0.29, 0.717) is 16.6 Å². The summed E-state index contributed by atoms with van der Waals surface area (Å²) >= 11 is 12.2. The summed E-state index contributed by atoms with van der Waals surface area (Å²) in [5, 5.41) is 12.4. The molecule has 1 aliphatic heterocycles. The molecule has 3 aromatic carbocycles. The van der Waals surface area contributed by atoms with Crippen LogP contribution in [-0.4, -0.2) is 32.5 Å². The lowest BCUT2D eigenvalue weighted by Gasteiger charge is -2.16. The molecule has 0 spiro atoms. The van der Waals surface area contributed by atoms with E-state index < -0.39 is 17.6 Å². The molecule has 0 aliphatic carbocycles. The van der Waals surface area contributed by atoms with Crippen LogP contribution in [0.2, 0.25) is 10.0 Å². The van der Waals surface area contributed by atoms with Crippen LogP contribution in [0.25, 0.3) is 0 Å². The number of nitrogens with two attached hydrogens (primary N) is 1. The van der Waals surface area contributed by atoms with Gasteiger partial charge < -0.3 is 5.73 Å². The Balaban J connectivity index is 1.60. The highest BCUT2D eigenvalue weighted by atomic mass is 35.5. The van der Waals surface area contributed by atoms with Crippen LogP contribution in [-0.2, 0) is 11.3 Å². The van der Waals surface area contributed by atoms with Crippen LogP contribution in [0.4, 0.5) is 5.95 Å². The predicted octanol–water partition coefficient (Wildman–Crippen LogP) is 4.45. The van der Waals surface area contributed by atoms with Crippen molar-refractivity contribution in [1.82, 2.24) is 14.3 Å². The predicted molar refractivity (Wildman–Crippen MR) is 145 cm³/mol. The number of rotatable bonds is 7. The Bertz CT molecular complexity index is 1510. The van der Waals surface area contributed by atoms with Crippen LogP contribution in [0, 0.1) is 0 Å². The van der Waals surface area contributed by atoms with Crippen LogP contribution in [0.3, 0.4) is 0 Å². The number of halogens is 2. The van der Waals surface area contributed by atoms with Gasteiger partial charge in [-0.1, -0.05) is 77.8 Å². The second-order valence-corrected chi connectivity index (χ2v) is 9.72. The average molecular weight is 535 g/mol. The fraction of sp³-hybridized carbons (Fsp3) is 0.185. The van der Waals surface area contributed by atoms with Gasteiger partial charge in [0.05, 0.1) is 18.3 Å². The molecule has 10 heteroatoms. The fourth-order valence-electron chi connectivity index (χ4n) is 4.48. The molecule has 1 aliphatic rings. The van der Waals surface area contributed by atoms with Crippen molar-refractivity contribution < 1.29 is 4.79 Å². The molecule has 2 atom stereocenters. The Morgan fingerprint density at radius 2 is 1.62 bits per heavy atom. The summed E-state index contributed by atoms with van der Waals surface area (Å²) < 4.78 is 2.61. The molecule has 4 aromatic rings. The molecule has 0 radical (unpaired) electrons. The number of benzene rings is 3. The van der Waals surface area contributed by atoms with Crippen molar-refractivity contribution in [2.75, 3.05) is 11.6 Å². The van der Waals surface area contributed by atoms with E-state index >= 15 is 0 Å². The standard InChI is InChI=1S/C27H24Cl2N6O2/c1-17(18-7-11-21(28)12-8-18)35-27(37)33(16-24(30)36)26(32-35)34-15-23(19-5-3-2-4-6-19)25(31-34)20-9-13-22(29)14-10-20/h2-14,17,23H,15-16H2,1H3,(H2,30,36)/t17-,23+/m0/s1. The van der Waals surface area contributed by atoms with Gasteiger partial charge >= 0.3 is 5.69 Å². The molecule has 0 saturated heterocycles. The first-order chi connectivity index (χ1) is 17.8. The number of carbonyl (C=O) groups is 1. The number of amides is 1. The molecular weight excluding hydrogens is 511 g/mol. The van der Waals surface area contributed by atoms with E-state index in [-0.39, 0.29) is 18.4 Å². The van der Waals surface area contributed by atoms with Crippen molar-refractivity contribution in [3.63, 3.8) is 0 Å². The average Bonchev–Trinajstić information content (AvgIpc) is 3.47. The highest BCUT2D eigenvalue weighted by Crippen LogP contribution is 2.32. The summed E-state index contributed by atoms with van der Waals surface area (Å²) in [5.41, 5.74) is 8.67. The SMILES string of the molecule is C[C@@H](c1ccc(Cl)cc1)n1nc(N2C[C@H](c3ccccc3)C(c3ccc(Cl)cc3)=N2)n(CC(N)=O)c1=O. The molecule has 2 heterocycles. The van der Waals surface area contributed by atoms with Gasteiger partial charge in [-0.3, -0.25) is 9.36 Å². The van der Waals surface area contributed by atoms with E-state index in [1.165, 1.54) is 9.25 Å². The number of carbonyl (C=O) groups excluding carboxylic acids is 1. The zero-order valence-corrected chi connectivity index (χ0v) is 21.5. The molecule has 0 saturated carbocycles. The number of nitrogens with zero attached hydrogens (tertiary/aromatic N) is 5. The molecule has 0 unspecified atom stereocenters. The molecule has 0 fully saturated rings. The first kappa shape index (κ1) is 24.8. The van der Waals surface area contributed by atoms with Crippen molar-refractivity contribution in [2.24, 2.45) is 10.8 Å². The van der Waals surface area contributed by atoms with Crippen LogP contribution in [0.1, 0.15) is 35.6 Å². The van der Waals surface area contributed by atoms with Gasteiger partial charge in [-0.05, 0) is 47.9 Å². The summed E-state index contributed by atoms with van der Waals surface area (Å²) in [5.74, 6) is -0.504. The number of anilines is 1. The van der Waals surface area contributed by atoms with Crippen molar-refractivity contribution in [3.05, 3.63) is 116 Å². The van der Waals surface area contributed by atoms with Crippen LogP contribution in [0.5, 0.6) is 0 Å². The Labute approximate surface area is 223 Å². The lowest BCUT2D eigenvalue weighted by atomic mass is 9.91. The summed E-state index contributed by atoms with van der Waals surface area (Å²) in [6, 6.07) is 24.2. The number of aromatic nitrogens is 3. The first-order valence-electron chi connectivity index (χ1n) is 11.7. The van der Waals surface area contributed by atoms with Gasteiger partial charge in [0.2, 0.25) is 11.9 Å². The maximum absolute atomic E-state index is 13.4. The van der Waals surface area contributed by atoms with E-state index in [0.717, 1.165) is 22.4 Å². The summed E-state index contributed by atoms with van der Waals surface area (Å²) in [4.78, 5) is 25.4. The Kier molecular flexibility index (Phi) is 6.86. The topological polar surface area (TPSA) is 98.5 Å². The first-order valence-corrected chi connectivity index (χ1v) is 12.5. The van der Waals surface area contributed by atoms with Gasteiger partial charge in [0.25, 0.3) is 0 Å². The number of hydrazone groups is 1. The molecule has 0 bridgehead atoms. The minimum Gasteiger partial charge on any atom is -0.368 e. The highest BCUT2D eigenvalue weighted by molar-refractivity contribution is 6.31. The number of hydrogen-bond acceptors (Lipinski definition) is 5. The zero-order chi connectivity index (χ0) is 26.1. The molecule has 5 rings (SSSR count). The third-order valence-electron chi connectivity index (χ3n) is 6.39. The van der Waals surface area contributed by atoms with E-state index in [2.05, 4.69) is 5.10 Å². The maximum atomic E-state index is 13.4. The molecule has 1 amide bonds. The Morgan fingerprint density at radius 3 is 2.24 bits per heavy atom. The summed E-state index contributed by atoms with van der Waals surface area (Å²) in [6.45, 7) is 1.96. The zero-order valence-electron chi connectivity index (χ0n) is 20.0. The quantitative estimate of drug-likeness (QED) is 0.378. The van der Waals surface area contributed by atoms with Gasteiger partial charge in [-0.15, -0.1) is 5.10 Å². The normalized spacial score (nSPS) is 16.0. The van der Waals surface area contributed by atoms with Crippen molar-refractivity contribution in [3.8, 4) is 0 Å². The minimum absolute atomic E-state index is 0.0988. The third kappa shape index (κ3) is 5.03. The summed E-state index contributed by atoms with van der Waals surface area (Å²) in [6.07, 6.45) is 0. The van der Waals surface area contributed by atoms with Gasteiger partial charge in [-0.25, -0.2) is 14.5 Å². The van der Waals surface area contributed by atoms with Crippen LogP contribution in [0.15, 0.2) is 88.8 Å². The van der Waals surface area contributed by atoms with Gasteiger partial charge in [0.1, 0.15) is 6.54 Å². The largest absolute Gasteiger partial charge is 0.368 e. The van der Waals surface area contributed by atoms with Crippen molar-refractivity contribution in [1.29, 1.82) is 0 Å². The van der Waals surface area contributed by atoms with Gasteiger partial charge in [0, 0.05) is 16.0 Å². The Hall–Kier alpha value is -3.88. The summed E-state index contributed by atoms with van der Waals surface area (Å²) in [7, 11) is 0. The van der Waals surface area contributed by atoms with Crippen molar-refractivity contribution >= 4 is 40.8 Å². The lowest BCUT2D eigenvalue weighted by Crippen LogP contribution is -2.33. The van der Waals surface area contributed by atoms with E-state index in [9.17, 15) is 9.59 Å². The number of primary amides is 1. The highest BCUT2D eigenvalue weighted by Gasteiger charge is 2.33. The van der Waals surface area contributed by atoms with E-state index in [1.54, 1.807) is 17.1 Å². The second-order valence-electron chi connectivity index (χ2n) is 8.84. The monoisotopic (exact) mass is 534 g/mol. The molecule has 188 valence electrons. The van der Waals surface area contributed by atoms with Crippen LogP contribution >= 0.6 is 23.2 Å². The second kappa shape index (κ2) is 10.2. The van der Waals surface area contributed by atoms with E-state index in [1.807, 2.05) is 73.7 Å². The van der Waals surface area contributed by atoms with E-state index in [4.69, 9.17) is 34.0 Å². The molecule has 1 aromatic heterocycles. The third-order valence-corrected chi connectivity index (χ3v) is 6.89. The molecule has 8 nitrogen and oxygen atoms in total. The lowest BCUT2D eigenvalue weighted by molar-refractivity contribution is -0.118. The van der Waals surface area contributed by atoms with Gasteiger partial charge in [0.15, 0.2) is 0 Å². The van der Waals surface area contributed by atoms with Gasteiger partial charge in [-0.2, -0.15) is 5.10 Å². The Morgan fingerprint density at radius 1 is 1.00 bits per heavy atom. The smallest absolute Gasteiger partial charge is 0.348 e. The number of hydrogen-bond donors (Lipinski definition) is 1. The van der Waals surface area contributed by atoms with Crippen molar-refractivity contribution in [2.45, 2.75) is 25.4 Å². The molecule has 37 heavy (non-hydrogen) atoms. The fourth-order valence-corrected chi connectivity index (χ4v) is 4.73. The molecular formula is C27H24Cl2N6O2. The maximum Gasteiger partial charge on any atom is 0.348 e. The minimum atomic E-state index is -0.650.